The zero-order chi connectivity index (χ0) is 16.8. The molecule has 8 heteroatoms. The van der Waals surface area contributed by atoms with Gasteiger partial charge in [0.25, 0.3) is 0 Å². The van der Waals surface area contributed by atoms with Crippen LogP contribution in [0.3, 0.4) is 0 Å². The molecule has 0 saturated heterocycles. The fourth-order valence-corrected chi connectivity index (χ4v) is 2.46. The van der Waals surface area contributed by atoms with Crippen LogP contribution in [0.15, 0.2) is 10.4 Å². The third-order valence-electron chi connectivity index (χ3n) is 3.12. The van der Waals surface area contributed by atoms with E-state index in [1.54, 1.807) is 25.4 Å². The van der Waals surface area contributed by atoms with Crippen LogP contribution < -0.4 is 20.9 Å². The van der Waals surface area contributed by atoms with Gasteiger partial charge in [-0.2, -0.15) is 0 Å². The van der Waals surface area contributed by atoms with Gasteiger partial charge in [-0.15, -0.1) is 11.3 Å². The first-order valence-corrected chi connectivity index (χ1v) is 7.96. The summed E-state index contributed by atoms with van der Waals surface area (Å²) in [7, 11) is 7.28. The second-order valence-electron chi connectivity index (χ2n) is 5.76. The van der Waals surface area contributed by atoms with Crippen LogP contribution in [0.2, 0.25) is 0 Å². The lowest BCUT2D eigenvalue weighted by molar-refractivity contribution is -0.128. The lowest BCUT2D eigenvalue weighted by atomic mass is 9.92. The van der Waals surface area contributed by atoms with Gasteiger partial charge in [0.2, 0.25) is 5.91 Å². The quantitative estimate of drug-likeness (QED) is 0.528. The SMILES string of the molecule is CN=C(NCc1csc(N(C)C)n1)NCC(C)(C)C(=O)NC. The molecule has 7 nitrogen and oxygen atoms in total. The van der Waals surface area contributed by atoms with Gasteiger partial charge < -0.3 is 20.9 Å². The van der Waals surface area contributed by atoms with Gasteiger partial charge in [0.05, 0.1) is 17.7 Å². The van der Waals surface area contributed by atoms with E-state index in [4.69, 9.17) is 0 Å². The number of hydrogen-bond acceptors (Lipinski definition) is 5. The normalized spacial score (nSPS) is 12.0. The van der Waals surface area contributed by atoms with Gasteiger partial charge in [0, 0.05) is 40.1 Å². The molecular formula is C14H26N6OS. The predicted molar refractivity (Wildman–Crippen MR) is 92.5 cm³/mol. The zero-order valence-corrected chi connectivity index (χ0v) is 15.0. The van der Waals surface area contributed by atoms with Crippen LogP contribution in [0.25, 0.3) is 0 Å². The Balaban J connectivity index is 2.50. The molecular weight excluding hydrogens is 300 g/mol. The van der Waals surface area contributed by atoms with E-state index in [-0.39, 0.29) is 5.91 Å². The highest BCUT2D eigenvalue weighted by Gasteiger charge is 2.26. The molecule has 0 aromatic carbocycles. The summed E-state index contributed by atoms with van der Waals surface area (Å²) in [6, 6.07) is 0. The molecule has 1 aromatic rings. The van der Waals surface area contributed by atoms with Crippen LogP contribution in [0, 0.1) is 5.41 Å². The van der Waals surface area contributed by atoms with Crippen molar-refractivity contribution in [1.29, 1.82) is 0 Å². The van der Waals surface area contributed by atoms with Crippen molar-refractivity contribution in [2.24, 2.45) is 10.4 Å². The minimum Gasteiger partial charge on any atom is -0.359 e. The third kappa shape index (κ3) is 5.18. The molecule has 1 aromatic heterocycles. The first-order chi connectivity index (χ1) is 10.3. The van der Waals surface area contributed by atoms with Crippen molar-refractivity contribution in [2.75, 3.05) is 39.6 Å². The molecule has 22 heavy (non-hydrogen) atoms. The number of carbonyl (C=O) groups is 1. The fourth-order valence-electron chi connectivity index (χ4n) is 1.70. The summed E-state index contributed by atoms with van der Waals surface area (Å²) in [6.07, 6.45) is 0. The number of hydrogen-bond donors (Lipinski definition) is 3. The van der Waals surface area contributed by atoms with Crippen molar-refractivity contribution in [3.63, 3.8) is 0 Å². The van der Waals surface area contributed by atoms with Crippen LogP contribution in [0.1, 0.15) is 19.5 Å². The van der Waals surface area contributed by atoms with Gasteiger partial charge in [0.15, 0.2) is 11.1 Å². The van der Waals surface area contributed by atoms with Gasteiger partial charge in [-0.3, -0.25) is 9.79 Å². The number of thiazole rings is 1. The maximum Gasteiger partial charge on any atom is 0.227 e. The van der Waals surface area contributed by atoms with Crippen molar-refractivity contribution in [3.05, 3.63) is 11.1 Å². The van der Waals surface area contributed by atoms with E-state index in [2.05, 4.69) is 25.9 Å². The van der Waals surface area contributed by atoms with Crippen LogP contribution in [-0.2, 0) is 11.3 Å². The molecule has 124 valence electrons. The van der Waals surface area contributed by atoms with Gasteiger partial charge in [0.1, 0.15) is 0 Å². The summed E-state index contributed by atoms with van der Waals surface area (Å²) in [6.45, 7) is 4.85. The van der Waals surface area contributed by atoms with Gasteiger partial charge in [-0.05, 0) is 13.8 Å². The third-order valence-corrected chi connectivity index (χ3v) is 4.18. The van der Waals surface area contributed by atoms with Crippen LogP contribution in [0.4, 0.5) is 5.13 Å². The van der Waals surface area contributed by atoms with Gasteiger partial charge >= 0.3 is 0 Å². The first kappa shape index (κ1) is 18.2. The van der Waals surface area contributed by atoms with E-state index < -0.39 is 5.41 Å². The second-order valence-corrected chi connectivity index (χ2v) is 6.59. The lowest BCUT2D eigenvalue weighted by Crippen LogP contribution is -2.47. The highest BCUT2D eigenvalue weighted by molar-refractivity contribution is 7.13. The Bertz CT molecular complexity index is 523. The average molecular weight is 326 g/mol. The number of nitrogens with one attached hydrogen (secondary N) is 3. The molecule has 0 fully saturated rings. The largest absolute Gasteiger partial charge is 0.359 e. The molecule has 0 unspecified atom stereocenters. The maximum absolute atomic E-state index is 11.8. The number of rotatable bonds is 6. The topological polar surface area (TPSA) is 81.7 Å². The van der Waals surface area contributed by atoms with E-state index >= 15 is 0 Å². The highest BCUT2D eigenvalue weighted by Crippen LogP contribution is 2.17. The van der Waals surface area contributed by atoms with Crippen LogP contribution >= 0.6 is 11.3 Å². The summed E-state index contributed by atoms with van der Waals surface area (Å²) in [5, 5.41) is 12.0. The molecule has 1 rings (SSSR count). The minimum absolute atomic E-state index is 0.00872. The maximum atomic E-state index is 11.8. The average Bonchev–Trinajstić information content (AvgIpc) is 2.95. The summed E-state index contributed by atoms with van der Waals surface area (Å²) >= 11 is 1.60. The Morgan fingerprint density at radius 2 is 2.09 bits per heavy atom. The standard InChI is InChI=1S/C14H26N6OS/c1-14(2,11(21)15-3)9-18-12(16-4)17-7-10-8-22-13(19-10)20(5)6/h8H,7,9H2,1-6H3,(H,15,21)(H2,16,17,18). The molecule has 1 heterocycles. The Kier molecular flexibility index (Phi) is 6.61. The van der Waals surface area contributed by atoms with Crippen molar-refractivity contribution in [2.45, 2.75) is 20.4 Å². The number of aliphatic imine (C=N–C) groups is 1. The van der Waals surface area contributed by atoms with Crippen LogP contribution in [0.5, 0.6) is 0 Å². The zero-order valence-electron chi connectivity index (χ0n) is 14.1. The van der Waals surface area contributed by atoms with Gasteiger partial charge in [-0.1, -0.05) is 0 Å². The molecule has 3 N–H and O–H groups in total. The highest BCUT2D eigenvalue weighted by atomic mass is 32.1. The Morgan fingerprint density at radius 1 is 1.41 bits per heavy atom. The predicted octanol–water partition coefficient (Wildman–Crippen LogP) is 0.646. The number of guanidine groups is 1. The van der Waals surface area contributed by atoms with E-state index in [0.717, 1.165) is 10.8 Å². The van der Waals surface area contributed by atoms with E-state index in [9.17, 15) is 4.79 Å². The lowest BCUT2D eigenvalue weighted by Gasteiger charge is -2.24. The molecule has 0 aliphatic heterocycles. The Labute approximate surface area is 136 Å². The Hall–Kier alpha value is -1.83. The van der Waals surface area contributed by atoms with E-state index in [1.165, 1.54) is 0 Å². The van der Waals surface area contributed by atoms with Crippen molar-refractivity contribution in [3.8, 4) is 0 Å². The summed E-state index contributed by atoms with van der Waals surface area (Å²) in [5.74, 6) is 0.641. The smallest absolute Gasteiger partial charge is 0.227 e. The number of amides is 1. The summed E-state index contributed by atoms with van der Waals surface area (Å²) in [4.78, 5) is 22.4. The van der Waals surface area contributed by atoms with Crippen molar-refractivity contribution < 1.29 is 4.79 Å². The molecule has 0 bridgehead atoms. The first-order valence-electron chi connectivity index (χ1n) is 7.08. The van der Waals surface area contributed by atoms with E-state index in [0.29, 0.717) is 19.0 Å². The Morgan fingerprint density at radius 3 is 2.59 bits per heavy atom. The number of nitrogens with zero attached hydrogens (tertiary/aromatic N) is 3. The molecule has 0 radical (unpaired) electrons. The molecule has 0 aliphatic carbocycles. The monoisotopic (exact) mass is 326 g/mol. The second kappa shape index (κ2) is 7.98. The van der Waals surface area contributed by atoms with Crippen LogP contribution in [-0.4, -0.2) is 51.6 Å². The fraction of sp³-hybridized carbons (Fsp3) is 0.643. The molecule has 1 amide bonds. The minimum atomic E-state index is -0.509. The molecule has 0 atom stereocenters. The van der Waals surface area contributed by atoms with Crippen molar-refractivity contribution in [1.82, 2.24) is 20.9 Å². The van der Waals surface area contributed by atoms with E-state index in [1.807, 2.05) is 38.2 Å². The summed E-state index contributed by atoms with van der Waals surface area (Å²) < 4.78 is 0. The molecule has 0 spiro atoms. The van der Waals surface area contributed by atoms with Crippen molar-refractivity contribution >= 4 is 28.3 Å². The summed E-state index contributed by atoms with van der Waals surface area (Å²) in [5.41, 5.74) is 0.452. The molecule has 0 aliphatic rings. The molecule has 0 saturated carbocycles. The number of anilines is 1. The van der Waals surface area contributed by atoms with Gasteiger partial charge in [-0.25, -0.2) is 4.98 Å². The number of carbonyl (C=O) groups excluding carboxylic acids is 1. The number of aromatic nitrogens is 1.